The van der Waals surface area contributed by atoms with Gasteiger partial charge in [0.1, 0.15) is 0 Å². The van der Waals surface area contributed by atoms with Gasteiger partial charge in [-0.3, -0.25) is 4.79 Å². The first-order chi connectivity index (χ1) is 9.79. The largest absolute Gasteiger partial charge is 0.416 e. The number of alkyl halides is 3. The summed E-state index contributed by atoms with van der Waals surface area (Å²) in [6.07, 6.45) is -1.22. The smallest absolute Gasteiger partial charge is 0.362 e. The molecule has 0 aromatic heterocycles. The summed E-state index contributed by atoms with van der Waals surface area (Å²) in [6, 6.07) is 3.25. The van der Waals surface area contributed by atoms with Gasteiger partial charge < -0.3 is 10.2 Å². The third-order valence-electron chi connectivity index (χ3n) is 2.67. The second-order valence-electron chi connectivity index (χ2n) is 4.39. The molecule has 114 valence electrons. The van der Waals surface area contributed by atoms with E-state index in [0.717, 1.165) is 12.1 Å². The first-order valence-corrected chi connectivity index (χ1v) is 6.25. The van der Waals surface area contributed by atoms with Crippen molar-refractivity contribution in [3.63, 3.8) is 0 Å². The van der Waals surface area contributed by atoms with Crippen LogP contribution in [0.25, 0.3) is 0 Å². The standard InChI is InChI=1S/C15H17F3N2O/c1-4-8-20(9-5-2)14-7-6-12(15(16,17)18)10-13(14)19-11(3)21/h4-7,10H,1-2,8-9H2,3H3,(H,19,21). The van der Waals surface area contributed by atoms with Gasteiger partial charge in [-0.25, -0.2) is 0 Å². The molecule has 0 bridgehead atoms. The van der Waals surface area contributed by atoms with Crippen LogP contribution in [0.4, 0.5) is 24.5 Å². The van der Waals surface area contributed by atoms with Crippen molar-refractivity contribution in [3.05, 3.63) is 49.1 Å². The lowest BCUT2D eigenvalue weighted by atomic mass is 10.1. The molecule has 1 amide bonds. The highest BCUT2D eigenvalue weighted by Crippen LogP contribution is 2.35. The van der Waals surface area contributed by atoms with E-state index < -0.39 is 17.6 Å². The summed E-state index contributed by atoms with van der Waals surface area (Å²) >= 11 is 0. The number of nitrogens with one attached hydrogen (secondary N) is 1. The number of hydrogen-bond acceptors (Lipinski definition) is 2. The van der Waals surface area contributed by atoms with Crippen molar-refractivity contribution in [1.29, 1.82) is 0 Å². The monoisotopic (exact) mass is 298 g/mol. The molecule has 0 aliphatic rings. The van der Waals surface area contributed by atoms with Crippen LogP contribution in [0.2, 0.25) is 0 Å². The quantitative estimate of drug-likeness (QED) is 0.809. The van der Waals surface area contributed by atoms with Gasteiger partial charge in [0.15, 0.2) is 0 Å². The molecule has 0 aliphatic carbocycles. The Labute approximate surface area is 121 Å². The lowest BCUT2D eigenvalue weighted by Crippen LogP contribution is -2.25. The maximum Gasteiger partial charge on any atom is 0.416 e. The molecule has 0 aliphatic heterocycles. The van der Waals surface area contributed by atoms with Gasteiger partial charge in [0.25, 0.3) is 0 Å². The highest BCUT2D eigenvalue weighted by molar-refractivity contribution is 5.93. The minimum Gasteiger partial charge on any atom is -0.362 e. The summed E-state index contributed by atoms with van der Waals surface area (Å²) in [5, 5.41) is 2.43. The Hall–Kier alpha value is -2.24. The predicted molar refractivity (Wildman–Crippen MR) is 78.4 cm³/mol. The van der Waals surface area contributed by atoms with Gasteiger partial charge in [-0.15, -0.1) is 13.2 Å². The van der Waals surface area contributed by atoms with E-state index in [1.807, 2.05) is 0 Å². The molecular weight excluding hydrogens is 281 g/mol. The third kappa shape index (κ3) is 4.66. The van der Waals surface area contributed by atoms with Crippen molar-refractivity contribution in [2.75, 3.05) is 23.3 Å². The molecule has 1 aromatic carbocycles. The van der Waals surface area contributed by atoms with Crippen molar-refractivity contribution in [2.24, 2.45) is 0 Å². The average molecular weight is 298 g/mol. The summed E-state index contributed by atoms with van der Waals surface area (Å²) in [5.74, 6) is -0.437. The second-order valence-corrected chi connectivity index (χ2v) is 4.39. The molecule has 0 unspecified atom stereocenters. The summed E-state index contributed by atoms with van der Waals surface area (Å²) in [7, 11) is 0. The molecule has 1 rings (SSSR count). The van der Waals surface area contributed by atoms with Crippen LogP contribution in [-0.4, -0.2) is 19.0 Å². The molecule has 0 saturated heterocycles. The van der Waals surface area contributed by atoms with Crippen molar-refractivity contribution >= 4 is 17.3 Å². The van der Waals surface area contributed by atoms with Crippen molar-refractivity contribution in [1.82, 2.24) is 0 Å². The Balaban J connectivity index is 3.31. The Morgan fingerprint density at radius 1 is 1.29 bits per heavy atom. The van der Waals surface area contributed by atoms with E-state index in [-0.39, 0.29) is 5.69 Å². The molecule has 6 heteroatoms. The number of benzene rings is 1. The summed E-state index contributed by atoms with van der Waals surface area (Å²) in [5.41, 5.74) is -0.216. The van der Waals surface area contributed by atoms with Crippen LogP contribution < -0.4 is 10.2 Å². The van der Waals surface area contributed by atoms with Crippen LogP contribution in [0.5, 0.6) is 0 Å². The highest BCUT2D eigenvalue weighted by Gasteiger charge is 2.31. The lowest BCUT2D eigenvalue weighted by molar-refractivity contribution is -0.137. The van der Waals surface area contributed by atoms with E-state index in [2.05, 4.69) is 18.5 Å². The van der Waals surface area contributed by atoms with Crippen molar-refractivity contribution < 1.29 is 18.0 Å². The van der Waals surface area contributed by atoms with Crippen molar-refractivity contribution in [3.8, 4) is 0 Å². The van der Waals surface area contributed by atoms with E-state index in [1.165, 1.54) is 13.0 Å². The van der Waals surface area contributed by atoms with Gasteiger partial charge in [0.05, 0.1) is 16.9 Å². The number of carbonyl (C=O) groups is 1. The molecule has 0 spiro atoms. The lowest BCUT2D eigenvalue weighted by Gasteiger charge is -2.25. The number of nitrogens with zero attached hydrogens (tertiary/aromatic N) is 1. The Morgan fingerprint density at radius 2 is 1.86 bits per heavy atom. The van der Waals surface area contributed by atoms with E-state index in [1.54, 1.807) is 17.1 Å². The van der Waals surface area contributed by atoms with Gasteiger partial charge in [0.2, 0.25) is 5.91 Å². The van der Waals surface area contributed by atoms with Crippen LogP contribution in [0.15, 0.2) is 43.5 Å². The molecule has 3 nitrogen and oxygen atoms in total. The molecule has 0 saturated carbocycles. The zero-order chi connectivity index (χ0) is 16.0. The van der Waals surface area contributed by atoms with Crippen LogP contribution in [0.1, 0.15) is 12.5 Å². The summed E-state index contributed by atoms with van der Waals surface area (Å²) in [4.78, 5) is 13.0. The fraction of sp³-hybridized carbons (Fsp3) is 0.267. The molecule has 0 radical (unpaired) electrons. The summed E-state index contributed by atoms with van der Waals surface area (Å²) < 4.78 is 38.3. The molecule has 0 atom stereocenters. The molecule has 0 heterocycles. The van der Waals surface area contributed by atoms with Gasteiger partial charge in [-0.05, 0) is 18.2 Å². The Bertz CT molecular complexity index is 528. The van der Waals surface area contributed by atoms with Gasteiger partial charge >= 0.3 is 6.18 Å². The van der Waals surface area contributed by atoms with Gasteiger partial charge in [0, 0.05) is 20.0 Å². The zero-order valence-corrected chi connectivity index (χ0v) is 11.7. The van der Waals surface area contributed by atoms with E-state index >= 15 is 0 Å². The number of carbonyl (C=O) groups excluding carboxylic acids is 1. The Kier molecular flexibility index (Phi) is 5.58. The van der Waals surface area contributed by atoms with Crippen LogP contribution >= 0.6 is 0 Å². The topological polar surface area (TPSA) is 32.3 Å². The van der Waals surface area contributed by atoms with Crippen molar-refractivity contribution in [2.45, 2.75) is 13.1 Å². The van der Waals surface area contributed by atoms with E-state index in [4.69, 9.17) is 0 Å². The Morgan fingerprint density at radius 3 is 2.29 bits per heavy atom. The number of halogens is 3. The van der Waals surface area contributed by atoms with E-state index in [0.29, 0.717) is 18.8 Å². The van der Waals surface area contributed by atoms with Crippen LogP contribution in [-0.2, 0) is 11.0 Å². The maximum atomic E-state index is 12.8. The van der Waals surface area contributed by atoms with Crippen LogP contribution in [0.3, 0.4) is 0 Å². The van der Waals surface area contributed by atoms with Gasteiger partial charge in [-0.1, -0.05) is 12.2 Å². The zero-order valence-electron chi connectivity index (χ0n) is 11.7. The highest BCUT2D eigenvalue weighted by atomic mass is 19.4. The first-order valence-electron chi connectivity index (χ1n) is 6.25. The minimum absolute atomic E-state index is 0.112. The molecule has 1 aromatic rings. The first kappa shape index (κ1) is 16.8. The predicted octanol–water partition coefficient (Wildman–Crippen LogP) is 3.84. The number of anilines is 2. The third-order valence-corrected chi connectivity index (χ3v) is 2.67. The average Bonchev–Trinajstić information content (AvgIpc) is 2.36. The number of amides is 1. The van der Waals surface area contributed by atoms with Crippen LogP contribution in [0, 0.1) is 0 Å². The SMILES string of the molecule is C=CCN(CC=C)c1ccc(C(F)(F)F)cc1NC(C)=O. The normalized spacial score (nSPS) is 10.9. The van der Waals surface area contributed by atoms with Gasteiger partial charge in [-0.2, -0.15) is 13.2 Å². The minimum atomic E-state index is -4.46. The molecule has 0 fully saturated rings. The fourth-order valence-corrected chi connectivity index (χ4v) is 1.86. The number of hydrogen-bond donors (Lipinski definition) is 1. The maximum absolute atomic E-state index is 12.8. The van der Waals surface area contributed by atoms with E-state index in [9.17, 15) is 18.0 Å². The second kappa shape index (κ2) is 6.97. The molecular formula is C15H17F3N2O. The number of rotatable bonds is 6. The molecule has 21 heavy (non-hydrogen) atoms. The summed E-state index contributed by atoms with van der Waals surface area (Å²) in [6.45, 7) is 9.31. The molecule has 1 N–H and O–H groups in total. The fourth-order valence-electron chi connectivity index (χ4n) is 1.86.